The molecule has 0 radical (unpaired) electrons. The van der Waals surface area contributed by atoms with Gasteiger partial charge in [0.25, 0.3) is 5.91 Å². The summed E-state index contributed by atoms with van der Waals surface area (Å²) in [5.74, 6) is -0.359. The van der Waals surface area contributed by atoms with Gasteiger partial charge in [-0.25, -0.2) is 0 Å². The van der Waals surface area contributed by atoms with Gasteiger partial charge in [0.05, 0.1) is 0 Å². The van der Waals surface area contributed by atoms with Crippen molar-refractivity contribution in [3.05, 3.63) is 71.8 Å². The highest BCUT2D eigenvalue weighted by atomic mass is 16.3. The normalized spacial score (nSPS) is 17.8. The number of likely N-dealkylation sites (tertiary alicyclic amines) is 1. The molecule has 1 atom stereocenters. The molecular weight excluding hydrogens is 360 g/mol. The van der Waals surface area contributed by atoms with Crippen LogP contribution in [0.1, 0.15) is 50.7 Å². The standard InChI is InChI=1S/C25H34N2O2/c1-3-21(4-2)25(29,22-13-9-6-10-14-22)24(28)26-23-15-17-27(18-16-23)19-20-11-7-5-8-12-20/h5-14,21,23,29H,3-4,15-19H2,1-2H3,(H,26,28). The third-order valence-corrected chi connectivity index (χ3v) is 6.31. The first-order chi connectivity index (χ1) is 14.1. The second-order valence-corrected chi connectivity index (χ2v) is 8.16. The lowest BCUT2D eigenvalue weighted by Crippen LogP contribution is -2.54. The Balaban J connectivity index is 1.63. The third-order valence-electron chi connectivity index (χ3n) is 6.31. The molecule has 1 fully saturated rings. The predicted octanol–water partition coefficient (Wildman–Crippen LogP) is 4.09. The quantitative estimate of drug-likeness (QED) is 0.709. The Labute approximate surface area is 174 Å². The summed E-state index contributed by atoms with van der Waals surface area (Å²) in [6, 6.07) is 20.0. The maximum atomic E-state index is 13.3. The van der Waals surface area contributed by atoms with Crippen molar-refractivity contribution in [1.29, 1.82) is 0 Å². The van der Waals surface area contributed by atoms with E-state index in [1.165, 1.54) is 5.56 Å². The van der Waals surface area contributed by atoms with Gasteiger partial charge in [-0.15, -0.1) is 0 Å². The molecule has 2 aromatic carbocycles. The average Bonchev–Trinajstić information content (AvgIpc) is 2.77. The van der Waals surface area contributed by atoms with E-state index in [-0.39, 0.29) is 17.9 Å². The highest BCUT2D eigenvalue weighted by Gasteiger charge is 2.44. The van der Waals surface area contributed by atoms with Gasteiger partial charge in [0.2, 0.25) is 0 Å². The van der Waals surface area contributed by atoms with Crippen LogP contribution in [0.3, 0.4) is 0 Å². The van der Waals surface area contributed by atoms with Gasteiger partial charge in [0.15, 0.2) is 5.60 Å². The molecule has 1 amide bonds. The monoisotopic (exact) mass is 394 g/mol. The van der Waals surface area contributed by atoms with Crippen molar-refractivity contribution < 1.29 is 9.90 Å². The summed E-state index contributed by atoms with van der Waals surface area (Å²) in [5.41, 5.74) is 0.529. The minimum atomic E-state index is -1.48. The molecule has 0 spiro atoms. The SMILES string of the molecule is CCC(CC)C(O)(C(=O)NC1CCN(Cc2ccccc2)CC1)c1ccccc1. The molecule has 1 saturated heterocycles. The summed E-state index contributed by atoms with van der Waals surface area (Å²) in [6.07, 6.45) is 3.33. The zero-order valence-electron chi connectivity index (χ0n) is 17.7. The molecule has 1 aliphatic heterocycles. The molecule has 2 aromatic rings. The smallest absolute Gasteiger partial charge is 0.257 e. The van der Waals surface area contributed by atoms with Crippen molar-refractivity contribution in [2.45, 2.75) is 57.7 Å². The fraction of sp³-hybridized carbons (Fsp3) is 0.480. The van der Waals surface area contributed by atoms with E-state index in [4.69, 9.17) is 0 Å². The number of amides is 1. The Hall–Kier alpha value is -2.17. The second-order valence-electron chi connectivity index (χ2n) is 8.16. The Bertz CT molecular complexity index is 753. The number of hydrogen-bond acceptors (Lipinski definition) is 3. The number of benzene rings is 2. The molecule has 1 aliphatic rings. The predicted molar refractivity (Wildman–Crippen MR) is 117 cm³/mol. The molecule has 0 saturated carbocycles. The van der Waals surface area contributed by atoms with Crippen LogP contribution in [0, 0.1) is 5.92 Å². The van der Waals surface area contributed by atoms with Crippen LogP contribution in [0.25, 0.3) is 0 Å². The summed E-state index contributed by atoms with van der Waals surface area (Å²) in [5, 5.41) is 14.7. The summed E-state index contributed by atoms with van der Waals surface area (Å²) in [6.45, 7) is 6.93. The van der Waals surface area contributed by atoms with Crippen LogP contribution < -0.4 is 5.32 Å². The van der Waals surface area contributed by atoms with E-state index < -0.39 is 5.60 Å². The molecule has 4 nitrogen and oxygen atoms in total. The maximum absolute atomic E-state index is 13.3. The van der Waals surface area contributed by atoms with Crippen molar-refractivity contribution in [3.8, 4) is 0 Å². The summed E-state index contributed by atoms with van der Waals surface area (Å²) < 4.78 is 0. The molecule has 0 aliphatic carbocycles. The Kier molecular flexibility index (Phi) is 7.45. The fourth-order valence-corrected chi connectivity index (χ4v) is 4.50. The number of aliphatic hydroxyl groups is 1. The molecule has 2 N–H and O–H groups in total. The zero-order valence-corrected chi connectivity index (χ0v) is 17.7. The van der Waals surface area contributed by atoms with Gasteiger partial charge in [-0.3, -0.25) is 9.69 Å². The molecule has 3 rings (SSSR count). The molecular formula is C25H34N2O2. The first kappa shape index (κ1) is 21.5. The highest BCUT2D eigenvalue weighted by molar-refractivity contribution is 5.87. The van der Waals surface area contributed by atoms with Gasteiger partial charge in [-0.2, -0.15) is 0 Å². The van der Waals surface area contributed by atoms with Crippen molar-refractivity contribution in [1.82, 2.24) is 10.2 Å². The number of carbonyl (C=O) groups excluding carboxylic acids is 1. The summed E-state index contributed by atoms with van der Waals surface area (Å²) in [4.78, 5) is 15.7. The second kappa shape index (κ2) is 10.0. The van der Waals surface area contributed by atoms with E-state index in [2.05, 4.69) is 34.5 Å². The Morgan fingerprint density at radius 2 is 1.59 bits per heavy atom. The van der Waals surface area contributed by atoms with Gasteiger partial charge in [-0.1, -0.05) is 74.5 Å². The van der Waals surface area contributed by atoms with E-state index >= 15 is 0 Å². The van der Waals surface area contributed by atoms with E-state index in [0.717, 1.165) is 45.3 Å². The molecule has 156 valence electrons. The van der Waals surface area contributed by atoms with Gasteiger partial charge in [0.1, 0.15) is 0 Å². The van der Waals surface area contributed by atoms with Crippen LogP contribution in [-0.4, -0.2) is 35.0 Å². The molecule has 29 heavy (non-hydrogen) atoms. The molecule has 1 heterocycles. The molecule has 0 bridgehead atoms. The van der Waals surface area contributed by atoms with Crippen LogP contribution in [0.5, 0.6) is 0 Å². The van der Waals surface area contributed by atoms with E-state index in [1.807, 2.05) is 50.2 Å². The van der Waals surface area contributed by atoms with Gasteiger partial charge in [0, 0.05) is 31.6 Å². The van der Waals surface area contributed by atoms with Crippen LogP contribution in [-0.2, 0) is 16.9 Å². The van der Waals surface area contributed by atoms with Crippen molar-refractivity contribution in [3.63, 3.8) is 0 Å². The van der Waals surface area contributed by atoms with Crippen molar-refractivity contribution in [2.24, 2.45) is 5.92 Å². The Morgan fingerprint density at radius 1 is 1.03 bits per heavy atom. The van der Waals surface area contributed by atoms with E-state index in [1.54, 1.807) is 0 Å². The van der Waals surface area contributed by atoms with E-state index in [0.29, 0.717) is 5.56 Å². The highest BCUT2D eigenvalue weighted by Crippen LogP contribution is 2.35. The average molecular weight is 395 g/mol. The first-order valence-electron chi connectivity index (χ1n) is 10.9. The number of nitrogens with one attached hydrogen (secondary N) is 1. The van der Waals surface area contributed by atoms with Crippen LogP contribution in [0.2, 0.25) is 0 Å². The number of hydrogen-bond donors (Lipinski definition) is 2. The fourth-order valence-electron chi connectivity index (χ4n) is 4.50. The largest absolute Gasteiger partial charge is 0.375 e. The third kappa shape index (κ3) is 5.06. The number of piperidine rings is 1. The van der Waals surface area contributed by atoms with Gasteiger partial charge in [-0.05, 0) is 36.8 Å². The lowest BCUT2D eigenvalue weighted by molar-refractivity contribution is -0.149. The lowest BCUT2D eigenvalue weighted by Gasteiger charge is -2.38. The van der Waals surface area contributed by atoms with Crippen LogP contribution >= 0.6 is 0 Å². The number of nitrogens with zero attached hydrogens (tertiary/aromatic N) is 1. The molecule has 0 aromatic heterocycles. The van der Waals surface area contributed by atoms with E-state index in [9.17, 15) is 9.90 Å². The summed E-state index contributed by atoms with van der Waals surface area (Å²) >= 11 is 0. The number of rotatable bonds is 8. The topological polar surface area (TPSA) is 52.6 Å². The van der Waals surface area contributed by atoms with Crippen molar-refractivity contribution in [2.75, 3.05) is 13.1 Å². The minimum absolute atomic E-state index is 0.108. The van der Waals surface area contributed by atoms with Gasteiger partial charge >= 0.3 is 0 Å². The van der Waals surface area contributed by atoms with Crippen LogP contribution in [0.4, 0.5) is 0 Å². The first-order valence-corrected chi connectivity index (χ1v) is 10.9. The van der Waals surface area contributed by atoms with Gasteiger partial charge < -0.3 is 10.4 Å². The number of carbonyl (C=O) groups is 1. The molecule has 1 unspecified atom stereocenters. The molecule has 4 heteroatoms. The van der Waals surface area contributed by atoms with Crippen molar-refractivity contribution >= 4 is 5.91 Å². The minimum Gasteiger partial charge on any atom is -0.375 e. The lowest BCUT2D eigenvalue weighted by atomic mass is 9.77. The maximum Gasteiger partial charge on any atom is 0.257 e. The zero-order chi connectivity index (χ0) is 20.7. The Morgan fingerprint density at radius 3 is 2.14 bits per heavy atom. The van der Waals surface area contributed by atoms with Crippen LogP contribution in [0.15, 0.2) is 60.7 Å². The summed E-state index contributed by atoms with van der Waals surface area (Å²) in [7, 11) is 0.